The third-order valence-electron chi connectivity index (χ3n) is 5.24. The van der Waals surface area contributed by atoms with Gasteiger partial charge in [-0.1, -0.05) is 67.1 Å². The number of rotatable bonds is 6. The number of piperidine rings is 1. The van der Waals surface area contributed by atoms with Crippen molar-refractivity contribution in [2.45, 2.75) is 24.9 Å². The minimum absolute atomic E-state index is 0.285. The summed E-state index contributed by atoms with van der Waals surface area (Å²) in [6.07, 6.45) is 3.76. The van der Waals surface area contributed by atoms with Gasteiger partial charge in [0.25, 0.3) is 5.91 Å². The molecule has 2 aromatic carbocycles. The summed E-state index contributed by atoms with van der Waals surface area (Å²) in [5.41, 5.74) is -0.471. The minimum atomic E-state index is -1.67. The number of hydrogen-bond acceptors (Lipinski definition) is 3. The predicted octanol–water partition coefficient (Wildman–Crippen LogP) is 2.87. The van der Waals surface area contributed by atoms with Crippen LogP contribution in [0, 0.1) is 0 Å². The average Bonchev–Trinajstić information content (AvgIpc) is 2.73. The molecule has 0 unspecified atom stereocenters. The highest BCUT2D eigenvalue weighted by Gasteiger charge is 2.41. The van der Waals surface area contributed by atoms with Crippen LogP contribution >= 0.6 is 0 Å². The molecule has 0 spiro atoms. The van der Waals surface area contributed by atoms with Gasteiger partial charge in [0, 0.05) is 20.1 Å². The SMILES string of the molecule is CN(CCN1CCCCC1)C(=O)C(O)(c1ccccc1)c1ccccc1. The first-order chi connectivity index (χ1) is 12.6. The molecule has 4 heteroatoms. The molecule has 1 aliphatic heterocycles. The van der Waals surface area contributed by atoms with Gasteiger partial charge in [-0.15, -0.1) is 0 Å². The molecule has 26 heavy (non-hydrogen) atoms. The Morgan fingerprint density at radius 1 is 0.962 bits per heavy atom. The van der Waals surface area contributed by atoms with E-state index in [9.17, 15) is 9.90 Å². The highest BCUT2D eigenvalue weighted by atomic mass is 16.3. The van der Waals surface area contributed by atoms with E-state index >= 15 is 0 Å². The molecule has 1 N–H and O–H groups in total. The molecule has 0 radical (unpaired) electrons. The van der Waals surface area contributed by atoms with E-state index in [0.29, 0.717) is 17.7 Å². The maximum Gasteiger partial charge on any atom is 0.263 e. The first kappa shape index (κ1) is 18.6. The number of carbonyl (C=O) groups is 1. The number of nitrogens with zero attached hydrogens (tertiary/aromatic N) is 2. The third-order valence-corrected chi connectivity index (χ3v) is 5.24. The highest BCUT2D eigenvalue weighted by Crippen LogP contribution is 2.31. The number of benzene rings is 2. The lowest BCUT2D eigenvalue weighted by atomic mass is 9.85. The Balaban J connectivity index is 1.81. The molecule has 0 aromatic heterocycles. The van der Waals surface area contributed by atoms with E-state index < -0.39 is 5.60 Å². The maximum atomic E-state index is 13.3. The van der Waals surface area contributed by atoms with Crippen molar-refractivity contribution in [3.8, 4) is 0 Å². The zero-order valence-corrected chi connectivity index (χ0v) is 15.5. The van der Waals surface area contributed by atoms with Crippen molar-refractivity contribution < 1.29 is 9.90 Å². The van der Waals surface area contributed by atoms with Crippen molar-refractivity contribution in [2.24, 2.45) is 0 Å². The number of likely N-dealkylation sites (N-methyl/N-ethyl adjacent to an activating group) is 1. The van der Waals surface area contributed by atoms with Crippen molar-refractivity contribution in [3.63, 3.8) is 0 Å². The van der Waals surface area contributed by atoms with Gasteiger partial charge in [-0.3, -0.25) is 4.79 Å². The van der Waals surface area contributed by atoms with Crippen LogP contribution in [0.4, 0.5) is 0 Å². The van der Waals surface area contributed by atoms with Gasteiger partial charge in [-0.25, -0.2) is 0 Å². The van der Waals surface area contributed by atoms with Crippen LogP contribution in [0.25, 0.3) is 0 Å². The number of amides is 1. The van der Waals surface area contributed by atoms with Crippen molar-refractivity contribution in [2.75, 3.05) is 33.2 Å². The number of aliphatic hydroxyl groups is 1. The van der Waals surface area contributed by atoms with E-state index in [1.807, 2.05) is 60.7 Å². The zero-order chi connectivity index (χ0) is 18.4. The second-order valence-corrected chi connectivity index (χ2v) is 7.07. The largest absolute Gasteiger partial charge is 0.372 e. The fraction of sp³-hybridized carbons (Fsp3) is 0.409. The van der Waals surface area contributed by atoms with Gasteiger partial charge in [0.2, 0.25) is 0 Å². The number of carbonyl (C=O) groups excluding carboxylic acids is 1. The molecule has 1 heterocycles. The van der Waals surface area contributed by atoms with Gasteiger partial charge in [-0.05, 0) is 37.1 Å². The Morgan fingerprint density at radius 2 is 1.46 bits per heavy atom. The molecule has 0 aliphatic carbocycles. The smallest absolute Gasteiger partial charge is 0.263 e. The molecule has 1 amide bonds. The van der Waals surface area contributed by atoms with E-state index in [2.05, 4.69) is 4.90 Å². The van der Waals surface area contributed by atoms with E-state index in [1.165, 1.54) is 19.3 Å². The summed E-state index contributed by atoms with van der Waals surface area (Å²) < 4.78 is 0. The lowest BCUT2D eigenvalue weighted by Gasteiger charge is -2.34. The Labute approximate surface area is 156 Å². The first-order valence-electron chi connectivity index (χ1n) is 9.43. The molecule has 2 aromatic rings. The fourth-order valence-electron chi connectivity index (χ4n) is 3.62. The first-order valence-corrected chi connectivity index (χ1v) is 9.43. The minimum Gasteiger partial charge on any atom is -0.372 e. The second-order valence-electron chi connectivity index (χ2n) is 7.07. The zero-order valence-electron chi connectivity index (χ0n) is 15.5. The molecule has 138 valence electrons. The van der Waals surface area contributed by atoms with Crippen LogP contribution in [0.15, 0.2) is 60.7 Å². The Morgan fingerprint density at radius 3 is 1.96 bits per heavy atom. The normalized spacial score (nSPS) is 15.6. The topological polar surface area (TPSA) is 43.8 Å². The van der Waals surface area contributed by atoms with Gasteiger partial charge < -0.3 is 14.9 Å². The van der Waals surface area contributed by atoms with Crippen LogP contribution in [0.1, 0.15) is 30.4 Å². The molecular weight excluding hydrogens is 324 g/mol. The quantitative estimate of drug-likeness (QED) is 0.869. The Hall–Kier alpha value is -2.17. The monoisotopic (exact) mass is 352 g/mol. The Bertz CT molecular complexity index is 657. The van der Waals surface area contributed by atoms with Crippen molar-refractivity contribution in [3.05, 3.63) is 71.8 Å². The molecule has 3 rings (SSSR count). The van der Waals surface area contributed by atoms with Gasteiger partial charge in [0.15, 0.2) is 5.60 Å². The van der Waals surface area contributed by atoms with Crippen molar-refractivity contribution in [1.29, 1.82) is 0 Å². The van der Waals surface area contributed by atoms with E-state index in [0.717, 1.165) is 19.6 Å². The molecule has 1 saturated heterocycles. The van der Waals surface area contributed by atoms with E-state index in [1.54, 1.807) is 11.9 Å². The number of likely N-dealkylation sites (tertiary alicyclic amines) is 1. The van der Waals surface area contributed by atoms with Crippen LogP contribution < -0.4 is 0 Å². The second kappa shape index (κ2) is 8.47. The summed E-state index contributed by atoms with van der Waals surface area (Å²) in [6.45, 7) is 3.66. The molecule has 0 saturated carbocycles. The van der Waals surface area contributed by atoms with Gasteiger partial charge in [0.1, 0.15) is 0 Å². The number of hydrogen-bond donors (Lipinski definition) is 1. The van der Waals surface area contributed by atoms with Crippen LogP contribution in [0.3, 0.4) is 0 Å². The maximum absolute atomic E-state index is 13.3. The molecule has 0 atom stereocenters. The average molecular weight is 352 g/mol. The summed E-state index contributed by atoms with van der Waals surface area (Å²) >= 11 is 0. The summed E-state index contributed by atoms with van der Waals surface area (Å²) in [6, 6.07) is 18.4. The molecule has 1 fully saturated rings. The van der Waals surface area contributed by atoms with Crippen LogP contribution in [0.2, 0.25) is 0 Å². The van der Waals surface area contributed by atoms with Gasteiger partial charge >= 0.3 is 0 Å². The van der Waals surface area contributed by atoms with Crippen molar-refractivity contribution >= 4 is 5.91 Å². The summed E-state index contributed by atoms with van der Waals surface area (Å²) in [7, 11) is 1.78. The third kappa shape index (κ3) is 3.97. The molecular formula is C22H28N2O2. The summed E-state index contributed by atoms with van der Waals surface area (Å²) in [5.74, 6) is -0.285. The lowest BCUT2D eigenvalue weighted by molar-refractivity contribution is -0.147. The van der Waals surface area contributed by atoms with E-state index in [-0.39, 0.29) is 5.91 Å². The van der Waals surface area contributed by atoms with E-state index in [4.69, 9.17) is 0 Å². The molecule has 1 aliphatic rings. The highest BCUT2D eigenvalue weighted by molar-refractivity contribution is 5.90. The van der Waals surface area contributed by atoms with Crippen molar-refractivity contribution in [1.82, 2.24) is 9.80 Å². The Kier molecular flexibility index (Phi) is 6.07. The molecule has 0 bridgehead atoms. The van der Waals surface area contributed by atoms with Crippen LogP contribution in [0.5, 0.6) is 0 Å². The van der Waals surface area contributed by atoms with Crippen LogP contribution in [-0.4, -0.2) is 54.0 Å². The molecule has 4 nitrogen and oxygen atoms in total. The summed E-state index contributed by atoms with van der Waals surface area (Å²) in [5, 5.41) is 11.5. The van der Waals surface area contributed by atoms with Gasteiger partial charge in [0.05, 0.1) is 0 Å². The van der Waals surface area contributed by atoms with Crippen LogP contribution in [-0.2, 0) is 10.4 Å². The van der Waals surface area contributed by atoms with Gasteiger partial charge in [-0.2, -0.15) is 0 Å². The standard InChI is InChI=1S/C22H28N2O2/c1-23(17-18-24-15-9-4-10-16-24)21(25)22(26,19-11-5-2-6-12-19)20-13-7-3-8-14-20/h2-3,5-8,11-14,26H,4,9-10,15-18H2,1H3. The fourth-order valence-corrected chi connectivity index (χ4v) is 3.62. The predicted molar refractivity (Wildman–Crippen MR) is 104 cm³/mol. The lowest BCUT2D eigenvalue weighted by Crippen LogP contribution is -2.48. The summed E-state index contributed by atoms with van der Waals surface area (Å²) in [4.78, 5) is 17.4.